The van der Waals surface area contributed by atoms with Gasteiger partial charge in [-0.2, -0.15) is 5.01 Å². The van der Waals surface area contributed by atoms with Crippen LogP contribution >= 0.6 is 46.9 Å². The van der Waals surface area contributed by atoms with Crippen molar-refractivity contribution in [3.8, 4) is 0 Å². The quantitative estimate of drug-likeness (QED) is 0.624. The van der Waals surface area contributed by atoms with Crippen molar-refractivity contribution in [2.75, 3.05) is 0 Å². The molecule has 0 spiro atoms. The number of aryl methyl sites for hydroxylation is 1. The first-order valence-electron chi connectivity index (χ1n) is 6.84. The largest absolute Gasteiger partial charge is 0.285 e. The highest BCUT2D eigenvalue weighted by atomic mass is 35.5. The van der Waals surface area contributed by atoms with Crippen LogP contribution in [0.25, 0.3) is 6.08 Å². The van der Waals surface area contributed by atoms with Gasteiger partial charge < -0.3 is 0 Å². The number of thiophene rings is 1. The standard InChI is InChI=1S/C16H11ClN2O2S3/c1-9-4-5-11(12(17)7-9)14(20)18-19-15(21)13(24-16(19)22)8-10-3-2-6-23-10/h2-8H,1H3,(H,18,20)/b13-8+. The smallest absolute Gasteiger partial charge is 0.267 e. The third kappa shape index (κ3) is 3.54. The Labute approximate surface area is 157 Å². The third-order valence-electron chi connectivity index (χ3n) is 3.19. The monoisotopic (exact) mass is 394 g/mol. The summed E-state index contributed by atoms with van der Waals surface area (Å²) >= 11 is 14.0. The number of nitrogens with zero attached hydrogens (tertiary/aromatic N) is 1. The van der Waals surface area contributed by atoms with Crippen LogP contribution < -0.4 is 5.43 Å². The summed E-state index contributed by atoms with van der Waals surface area (Å²) in [4.78, 5) is 26.2. The van der Waals surface area contributed by atoms with E-state index in [-0.39, 0.29) is 10.2 Å². The van der Waals surface area contributed by atoms with E-state index in [0.29, 0.717) is 15.5 Å². The van der Waals surface area contributed by atoms with Gasteiger partial charge in [-0.1, -0.05) is 35.5 Å². The number of hydrogen-bond donors (Lipinski definition) is 1. The van der Waals surface area contributed by atoms with Gasteiger partial charge in [-0.25, -0.2) is 0 Å². The van der Waals surface area contributed by atoms with Crippen molar-refractivity contribution >= 4 is 69.1 Å². The van der Waals surface area contributed by atoms with Crippen LogP contribution in [0.2, 0.25) is 5.02 Å². The Balaban J connectivity index is 1.79. The number of hydrazine groups is 1. The van der Waals surface area contributed by atoms with Crippen LogP contribution in [-0.2, 0) is 4.79 Å². The van der Waals surface area contributed by atoms with Crippen LogP contribution in [0.1, 0.15) is 20.8 Å². The van der Waals surface area contributed by atoms with Gasteiger partial charge in [0, 0.05) is 4.88 Å². The minimum absolute atomic E-state index is 0.277. The minimum atomic E-state index is -0.478. The minimum Gasteiger partial charge on any atom is -0.267 e. The van der Waals surface area contributed by atoms with Crippen molar-refractivity contribution in [1.82, 2.24) is 10.4 Å². The Hall–Kier alpha value is -1.67. The van der Waals surface area contributed by atoms with E-state index in [1.54, 1.807) is 24.3 Å². The van der Waals surface area contributed by atoms with Gasteiger partial charge in [0.05, 0.1) is 15.5 Å². The van der Waals surface area contributed by atoms with E-state index < -0.39 is 5.91 Å². The second kappa shape index (κ2) is 7.06. The molecule has 1 aliphatic heterocycles. The fourth-order valence-electron chi connectivity index (χ4n) is 2.03. The van der Waals surface area contributed by atoms with Gasteiger partial charge in [-0.15, -0.1) is 11.3 Å². The summed E-state index contributed by atoms with van der Waals surface area (Å²) in [6.45, 7) is 1.88. The van der Waals surface area contributed by atoms with Crippen LogP contribution in [0, 0.1) is 6.92 Å². The van der Waals surface area contributed by atoms with Crippen molar-refractivity contribution in [2.24, 2.45) is 0 Å². The maximum absolute atomic E-state index is 12.5. The second-order valence-corrected chi connectivity index (χ2v) is 8.02. The van der Waals surface area contributed by atoms with Gasteiger partial charge in [0.1, 0.15) is 0 Å². The zero-order chi connectivity index (χ0) is 17.3. The summed E-state index contributed by atoms with van der Waals surface area (Å²) in [6, 6.07) is 8.89. The van der Waals surface area contributed by atoms with Crippen molar-refractivity contribution in [3.05, 3.63) is 61.6 Å². The number of amides is 2. The lowest BCUT2D eigenvalue weighted by atomic mass is 10.1. The summed E-state index contributed by atoms with van der Waals surface area (Å²) in [7, 11) is 0. The predicted molar refractivity (Wildman–Crippen MR) is 103 cm³/mol. The molecule has 24 heavy (non-hydrogen) atoms. The van der Waals surface area contributed by atoms with Crippen LogP contribution in [0.3, 0.4) is 0 Å². The number of thiocarbonyl (C=S) groups is 1. The summed E-state index contributed by atoms with van der Waals surface area (Å²) in [5.41, 5.74) is 3.76. The molecule has 1 fully saturated rings. The number of halogens is 1. The average Bonchev–Trinajstić information content (AvgIpc) is 3.11. The van der Waals surface area contributed by atoms with Crippen molar-refractivity contribution in [1.29, 1.82) is 0 Å². The Bertz CT molecular complexity index is 862. The fraction of sp³-hybridized carbons (Fsp3) is 0.0625. The van der Waals surface area contributed by atoms with E-state index in [2.05, 4.69) is 5.43 Å². The molecule has 1 saturated heterocycles. The van der Waals surface area contributed by atoms with Crippen LogP contribution in [0.5, 0.6) is 0 Å². The highest BCUT2D eigenvalue weighted by Gasteiger charge is 2.34. The Kier molecular flexibility index (Phi) is 5.05. The van der Waals surface area contributed by atoms with Crippen molar-refractivity contribution in [2.45, 2.75) is 6.92 Å². The predicted octanol–water partition coefficient (Wildman–Crippen LogP) is 4.26. The summed E-state index contributed by atoms with van der Waals surface area (Å²) in [5.74, 6) is -0.830. The molecule has 1 aromatic heterocycles. The maximum Gasteiger partial charge on any atom is 0.285 e. The van der Waals surface area contributed by atoms with Gasteiger partial charge in [-0.3, -0.25) is 15.0 Å². The molecular weight excluding hydrogens is 384 g/mol. The third-order valence-corrected chi connectivity index (χ3v) is 5.63. The number of nitrogens with one attached hydrogen (secondary N) is 1. The van der Waals surface area contributed by atoms with Crippen LogP contribution in [0.4, 0.5) is 0 Å². The van der Waals surface area contributed by atoms with Gasteiger partial charge in [-0.05, 0) is 54.4 Å². The molecule has 1 aliphatic rings. The Morgan fingerprint density at radius 2 is 2.17 bits per heavy atom. The number of rotatable bonds is 3. The van der Waals surface area contributed by atoms with E-state index >= 15 is 0 Å². The topological polar surface area (TPSA) is 49.4 Å². The molecule has 0 atom stereocenters. The molecule has 0 unspecified atom stereocenters. The number of benzene rings is 1. The molecule has 0 radical (unpaired) electrons. The molecule has 2 aromatic rings. The number of thioether (sulfide) groups is 1. The van der Waals surface area contributed by atoms with E-state index in [4.69, 9.17) is 23.8 Å². The molecule has 0 bridgehead atoms. The molecule has 0 aliphatic carbocycles. The number of hydrogen-bond acceptors (Lipinski definition) is 5. The molecule has 4 nitrogen and oxygen atoms in total. The highest BCUT2D eigenvalue weighted by Crippen LogP contribution is 2.32. The van der Waals surface area contributed by atoms with Crippen molar-refractivity contribution < 1.29 is 9.59 Å². The van der Waals surface area contributed by atoms with E-state index in [9.17, 15) is 9.59 Å². The van der Waals surface area contributed by atoms with E-state index in [0.717, 1.165) is 27.2 Å². The molecule has 1 aromatic carbocycles. The maximum atomic E-state index is 12.5. The molecule has 8 heteroatoms. The Morgan fingerprint density at radius 3 is 2.83 bits per heavy atom. The lowest BCUT2D eigenvalue weighted by molar-refractivity contribution is -0.123. The van der Waals surface area contributed by atoms with Crippen LogP contribution in [-0.4, -0.2) is 21.1 Å². The summed E-state index contributed by atoms with van der Waals surface area (Å²) in [5, 5.41) is 3.33. The number of carbonyl (C=O) groups is 2. The first-order chi connectivity index (χ1) is 11.5. The SMILES string of the molecule is Cc1ccc(C(=O)NN2C(=O)/C(=C\c3cccs3)SC2=S)c(Cl)c1. The first-order valence-corrected chi connectivity index (χ1v) is 9.32. The molecule has 3 rings (SSSR count). The molecule has 1 N–H and O–H groups in total. The average molecular weight is 395 g/mol. The fourth-order valence-corrected chi connectivity index (χ4v) is 4.26. The van der Waals surface area contributed by atoms with Gasteiger partial charge in [0.15, 0.2) is 4.32 Å². The zero-order valence-corrected chi connectivity index (χ0v) is 15.6. The normalized spacial score (nSPS) is 16.1. The van der Waals surface area contributed by atoms with Gasteiger partial charge in [0.2, 0.25) is 0 Å². The first kappa shape index (κ1) is 17.2. The van der Waals surface area contributed by atoms with Gasteiger partial charge in [0.25, 0.3) is 11.8 Å². The summed E-state index contributed by atoms with van der Waals surface area (Å²) in [6.07, 6.45) is 1.76. The van der Waals surface area contributed by atoms with Crippen molar-refractivity contribution in [3.63, 3.8) is 0 Å². The number of carbonyl (C=O) groups excluding carboxylic acids is 2. The molecule has 2 heterocycles. The van der Waals surface area contributed by atoms with E-state index in [1.165, 1.54) is 11.3 Å². The van der Waals surface area contributed by atoms with Gasteiger partial charge >= 0.3 is 0 Å². The molecular formula is C16H11ClN2O2S3. The molecule has 0 saturated carbocycles. The molecule has 2 amide bonds. The zero-order valence-electron chi connectivity index (χ0n) is 12.4. The van der Waals surface area contributed by atoms with Crippen LogP contribution in [0.15, 0.2) is 40.6 Å². The van der Waals surface area contributed by atoms with E-state index in [1.807, 2.05) is 24.4 Å². The Morgan fingerprint density at radius 1 is 1.38 bits per heavy atom. The lowest BCUT2D eigenvalue weighted by Gasteiger charge is -2.16. The molecule has 122 valence electrons. The summed E-state index contributed by atoms with van der Waals surface area (Å²) < 4.78 is 0.277. The highest BCUT2D eigenvalue weighted by molar-refractivity contribution is 8.26. The second-order valence-electron chi connectivity index (χ2n) is 4.96. The lowest BCUT2D eigenvalue weighted by Crippen LogP contribution is -2.44.